The van der Waals surface area contributed by atoms with Gasteiger partial charge in [-0.3, -0.25) is 0 Å². The number of anilines is 3. The van der Waals surface area contributed by atoms with E-state index in [2.05, 4.69) is 266 Å². The molecule has 0 aliphatic heterocycles. The Morgan fingerprint density at radius 2 is 0.351 bits per heavy atom. The minimum Gasteiger partial charge on any atom is -0.311 e. The Hall–Kier alpha value is -7.22. The molecule has 0 fully saturated rings. The average molecular weight is 730 g/mol. The highest BCUT2D eigenvalue weighted by atomic mass is 15.1. The number of para-hydroxylation sites is 1. The van der Waals surface area contributed by atoms with Gasteiger partial charge >= 0.3 is 0 Å². The Labute approximate surface area is 336 Å². The molecule has 0 bridgehead atoms. The third kappa shape index (κ3) is 6.44. The van der Waals surface area contributed by atoms with E-state index < -0.39 is 10.8 Å². The van der Waals surface area contributed by atoms with Crippen molar-refractivity contribution in [2.75, 3.05) is 4.90 Å². The summed E-state index contributed by atoms with van der Waals surface area (Å²) in [6.45, 7) is 0. The van der Waals surface area contributed by atoms with Crippen molar-refractivity contribution in [2.45, 2.75) is 10.8 Å². The molecule has 0 saturated carbocycles. The third-order valence-electron chi connectivity index (χ3n) is 11.4. The standard InChI is InChI=1S/C56H43N/c1-8-22-44(23-9-1)55(45-24-10-2-11-25-45,46-26-12-3-13-27-46)50-36-40-53(41-37-50)57(52-34-20-7-21-35-52)54-42-38-51(39-43-54)56(47-28-14-4-15-29-47,48-30-16-5-17-31-48)49-32-18-6-19-33-49/h1-43H. The van der Waals surface area contributed by atoms with Crippen LogP contribution in [-0.4, -0.2) is 0 Å². The van der Waals surface area contributed by atoms with Gasteiger partial charge in [-0.15, -0.1) is 0 Å². The molecule has 0 unspecified atom stereocenters. The molecular weight excluding hydrogens is 687 g/mol. The molecule has 0 radical (unpaired) electrons. The zero-order chi connectivity index (χ0) is 38.3. The first-order valence-corrected chi connectivity index (χ1v) is 19.7. The normalized spacial score (nSPS) is 11.5. The van der Waals surface area contributed by atoms with Crippen LogP contribution >= 0.6 is 0 Å². The molecule has 272 valence electrons. The number of rotatable bonds is 11. The van der Waals surface area contributed by atoms with E-state index in [1.54, 1.807) is 0 Å². The monoisotopic (exact) mass is 729 g/mol. The molecule has 1 heteroatoms. The van der Waals surface area contributed by atoms with Crippen LogP contribution in [0.15, 0.2) is 261 Å². The molecule has 0 amide bonds. The van der Waals surface area contributed by atoms with Crippen LogP contribution in [0.25, 0.3) is 0 Å². The van der Waals surface area contributed by atoms with E-state index >= 15 is 0 Å². The zero-order valence-electron chi connectivity index (χ0n) is 31.8. The number of hydrogen-bond donors (Lipinski definition) is 0. The van der Waals surface area contributed by atoms with Crippen molar-refractivity contribution in [3.05, 3.63) is 305 Å². The molecule has 0 aromatic heterocycles. The molecule has 0 aliphatic carbocycles. The zero-order valence-corrected chi connectivity index (χ0v) is 31.8. The van der Waals surface area contributed by atoms with Crippen molar-refractivity contribution in [3.8, 4) is 0 Å². The summed E-state index contributed by atoms with van der Waals surface area (Å²) in [5.74, 6) is 0. The van der Waals surface area contributed by atoms with Gasteiger partial charge in [-0.2, -0.15) is 0 Å². The summed E-state index contributed by atoms with van der Waals surface area (Å²) >= 11 is 0. The van der Waals surface area contributed by atoms with Gasteiger partial charge in [0.15, 0.2) is 0 Å². The van der Waals surface area contributed by atoms with E-state index in [0.717, 1.165) is 17.1 Å². The summed E-state index contributed by atoms with van der Waals surface area (Å²) in [6, 6.07) is 94.5. The second-order valence-corrected chi connectivity index (χ2v) is 14.5. The summed E-state index contributed by atoms with van der Waals surface area (Å²) in [5.41, 5.74) is 12.0. The maximum atomic E-state index is 2.36. The van der Waals surface area contributed by atoms with Gasteiger partial charge in [0.25, 0.3) is 0 Å². The minimum absolute atomic E-state index is 0.517. The second-order valence-electron chi connectivity index (χ2n) is 14.5. The molecule has 0 N–H and O–H groups in total. The van der Waals surface area contributed by atoms with Crippen LogP contribution in [0.2, 0.25) is 0 Å². The van der Waals surface area contributed by atoms with E-state index in [1.165, 1.54) is 44.5 Å². The lowest BCUT2D eigenvalue weighted by molar-refractivity contribution is 0.744. The van der Waals surface area contributed by atoms with Gasteiger partial charge in [-0.05, 0) is 80.9 Å². The first kappa shape index (κ1) is 35.5. The highest BCUT2D eigenvalue weighted by Crippen LogP contribution is 2.48. The van der Waals surface area contributed by atoms with E-state index in [4.69, 9.17) is 0 Å². The van der Waals surface area contributed by atoms with Crippen LogP contribution in [0.4, 0.5) is 17.1 Å². The molecular formula is C56H43N. The topological polar surface area (TPSA) is 3.24 Å². The van der Waals surface area contributed by atoms with Gasteiger partial charge in [0.2, 0.25) is 0 Å². The number of benzene rings is 9. The quantitative estimate of drug-likeness (QED) is 0.120. The average Bonchev–Trinajstić information content (AvgIpc) is 3.31. The van der Waals surface area contributed by atoms with Crippen LogP contribution in [0.5, 0.6) is 0 Å². The van der Waals surface area contributed by atoms with Crippen LogP contribution < -0.4 is 4.90 Å². The summed E-state index contributed by atoms with van der Waals surface area (Å²) in [7, 11) is 0. The maximum absolute atomic E-state index is 2.36. The fourth-order valence-electron chi connectivity index (χ4n) is 8.87. The van der Waals surface area contributed by atoms with Crippen molar-refractivity contribution in [2.24, 2.45) is 0 Å². The molecule has 0 heterocycles. The van der Waals surface area contributed by atoms with Crippen molar-refractivity contribution < 1.29 is 0 Å². The van der Waals surface area contributed by atoms with Crippen LogP contribution in [0.3, 0.4) is 0 Å². The van der Waals surface area contributed by atoms with Crippen molar-refractivity contribution in [1.29, 1.82) is 0 Å². The Morgan fingerprint density at radius 1 is 0.175 bits per heavy atom. The Bertz CT molecular complexity index is 2240. The molecule has 57 heavy (non-hydrogen) atoms. The van der Waals surface area contributed by atoms with Gasteiger partial charge in [-0.25, -0.2) is 0 Å². The number of hydrogen-bond acceptors (Lipinski definition) is 1. The molecule has 1 nitrogen and oxygen atoms in total. The molecule has 9 rings (SSSR count). The molecule has 0 aliphatic rings. The largest absolute Gasteiger partial charge is 0.311 e. The molecule has 9 aromatic carbocycles. The van der Waals surface area contributed by atoms with Crippen molar-refractivity contribution >= 4 is 17.1 Å². The summed E-state index contributed by atoms with van der Waals surface area (Å²) in [6.07, 6.45) is 0. The predicted molar refractivity (Wildman–Crippen MR) is 238 cm³/mol. The number of nitrogens with zero attached hydrogens (tertiary/aromatic N) is 1. The Kier molecular flexibility index (Phi) is 9.88. The SMILES string of the molecule is c1ccc(N(c2ccc(C(c3ccccc3)(c3ccccc3)c3ccccc3)cc2)c2ccc(C(c3ccccc3)(c3ccccc3)c3ccccc3)cc2)cc1. The predicted octanol–water partition coefficient (Wildman–Crippen LogP) is 13.9. The van der Waals surface area contributed by atoms with Crippen LogP contribution in [0, 0.1) is 0 Å². The minimum atomic E-state index is -0.517. The summed E-state index contributed by atoms with van der Waals surface area (Å²) in [4.78, 5) is 2.36. The van der Waals surface area contributed by atoms with E-state index in [1.807, 2.05) is 0 Å². The van der Waals surface area contributed by atoms with Gasteiger partial charge < -0.3 is 4.90 Å². The highest BCUT2D eigenvalue weighted by Gasteiger charge is 2.39. The van der Waals surface area contributed by atoms with Crippen LogP contribution in [-0.2, 0) is 10.8 Å². The first-order chi connectivity index (χ1) is 28.3. The van der Waals surface area contributed by atoms with Crippen LogP contribution in [0.1, 0.15) is 44.5 Å². The first-order valence-electron chi connectivity index (χ1n) is 19.7. The van der Waals surface area contributed by atoms with Crippen molar-refractivity contribution in [1.82, 2.24) is 0 Å². The van der Waals surface area contributed by atoms with E-state index in [9.17, 15) is 0 Å². The summed E-state index contributed by atoms with van der Waals surface area (Å²) in [5, 5.41) is 0. The molecule has 0 spiro atoms. The van der Waals surface area contributed by atoms with Gasteiger partial charge in [-0.1, -0.05) is 224 Å². The third-order valence-corrected chi connectivity index (χ3v) is 11.4. The van der Waals surface area contributed by atoms with E-state index in [-0.39, 0.29) is 0 Å². The lowest BCUT2D eigenvalue weighted by atomic mass is 9.65. The van der Waals surface area contributed by atoms with Gasteiger partial charge in [0, 0.05) is 17.1 Å². The highest BCUT2D eigenvalue weighted by molar-refractivity contribution is 5.78. The lowest BCUT2D eigenvalue weighted by Gasteiger charge is -2.37. The Balaban J connectivity index is 1.20. The van der Waals surface area contributed by atoms with Gasteiger partial charge in [0.05, 0.1) is 10.8 Å². The molecule has 9 aromatic rings. The molecule has 0 saturated heterocycles. The second kappa shape index (κ2) is 15.9. The molecule has 0 atom stereocenters. The fraction of sp³-hybridized carbons (Fsp3) is 0.0357. The fourth-order valence-corrected chi connectivity index (χ4v) is 8.87. The van der Waals surface area contributed by atoms with Crippen molar-refractivity contribution in [3.63, 3.8) is 0 Å². The van der Waals surface area contributed by atoms with E-state index in [0.29, 0.717) is 0 Å². The summed E-state index contributed by atoms with van der Waals surface area (Å²) < 4.78 is 0. The van der Waals surface area contributed by atoms with Gasteiger partial charge in [0.1, 0.15) is 0 Å². The maximum Gasteiger partial charge on any atom is 0.0701 e. The smallest absolute Gasteiger partial charge is 0.0701 e. The Morgan fingerprint density at radius 3 is 0.579 bits per heavy atom. The lowest BCUT2D eigenvalue weighted by Crippen LogP contribution is -2.31.